The maximum absolute atomic E-state index is 10.7. The molecule has 120 valence electrons. The summed E-state index contributed by atoms with van der Waals surface area (Å²) in [6.07, 6.45) is -0.154. The summed E-state index contributed by atoms with van der Waals surface area (Å²) < 4.78 is 4.82. The van der Waals surface area contributed by atoms with E-state index >= 15 is 0 Å². The highest BCUT2D eigenvalue weighted by molar-refractivity contribution is 8.00. The highest BCUT2D eigenvalue weighted by atomic mass is 32.2. The van der Waals surface area contributed by atoms with Crippen molar-refractivity contribution in [1.29, 1.82) is 0 Å². The van der Waals surface area contributed by atoms with Crippen molar-refractivity contribution in [2.45, 2.75) is 30.0 Å². The minimum Gasteiger partial charge on any atom is -0.449 e. The van der Waals surface area contributed by atoms with Crippen molar-refractivity contribution in [3.8, 4) is 0 Å². The predicted octanol–water partition coefficient (Wildman–Crippen LogP) is 2.96. The average molecular weight is 321 g/mol. The Morgan fingerprint density at radius 2 is 2.14 bits per heavy atom. The molecule has 0 saturated heterocycles. The van der Waals surface area contributed by atoms with Gasteiger partial charge >= 0.3 is 6.09 Å². The summed E-state index contributed by atoms with van der Waals surface area (Å²) in [5.74, 6) is 1.34. The molecule has 1 unspecified atom stereocenters. The van der Waals surface area contributed by atoms with Gasteiger partial charge in [-0.3, -0.25) is 4.99 Å². The number of ether oxygens (including phenoxy) is 1. The molecule has 5 nitrogen and oxygen atoms in total. The van der Waals surface area contributed by atoms with Crippen LogP contribution in [-0.2, 0) is 4.74 Å². The van der Waals surface area contributed by atoms with E-state index in [0.717, 1.165) is 12.4 Å². The second-order valence-electron chi connectivity index (χ2n) is 5.72. The standard InChI is InChI=1S/C16H23N3O2S/c1-12(2)16(22-13-7-5-4-6-8-13)11-19(3)14(18-16)9-10-21-15(17)20/h4-8,12H,9-11H2,1-3H3,(H2,17,20). The molecular weight excluding hydrogens is 298 g/mol. The van der Waals surface area contributed by atoms with Gasteiger partial charge in [-0.25, -0.2) is 4.79 Å². The quantitative estimate of drug-likeness (QED) is 0.874. The summed E-state index contributed by atoms with van der Waals surface area (Å²) in [5, 5.41) is 0. The van der Waals surface area contributed by atoms with Crippen molar-refractivity contribution in [2.24, 2.45) is 16.6 Å². The van der Waals surface area contributed by atoms with Gasteiger partial charge in [-0.1, -0.05) is 43.8 Å². The van der Waals surface area contributed by atoms with Gasteiger partial charge in [0.15, 0.2) is 0 Å². The lowest BCUT2D eigenvalue weighted by Crippen LogP contribution is -2.35. The third-order valence-electron chi connectivity index (χ3n) is 3.73. The van der Waals surface area contributed by atoms with Gasteiger partial charge < -0.3 is 15.4 Å². The molecule has 1 aromatic carbocycles. The molecule has 0 aliphatic carbocycles. The fourth-order valence-corrected chi connectivity index (χ4v) is 3.78. The van der Waals surface area contributed by atoms with Gasteiger partial charge in [0.05, 0.1) is 6.54 Å². The molecule has 0 saturated carbocycles. The Balaban J connectivity index is 2.13. The van der Waals surface area contributed by atoms with E-state index in [1.54, 1.807) is 11.8 Å². The minimum absolute atomic E-state index is 0.210. The number of carbonyl (C=O) groups excluding carboxylic acids is 1. The van der Waals surface area contributed by atoms with Gasteiger partial charge in [0, 0.05) is 18.4 Å². The zero-order valence-corrected chi connectivity index (χ0v) is 14.1. The second kappa shape index (κ2) is 7.05. The van der Waals surface area contributed by atoms with Crippen molar-refractivity contribution >= 4 is 23.7 Å². The van der Waals surface area contributed by atoms with Crippen molar-refractivity contribution in [3.63, 3.8) is 0 Å². The Morgan fingerprint density at radius 1 is 1.45 bits per heavy atom. The summed E-state index contributed by atoms with van der Waals surface area (Å²) in [7, 11) is 2.03. The first-order chi connectivity index (χ1) is 10.4. The number of likely N-dealkylation sites (N-methyl/N-ethyl adjacent to an activating group) is 1. The monoisotopic (exact) mass is 321 g/mol. The number of hydrogen-bond donors (Lipinski definition) is 1. The largest absolute Gasteiger partial charge is 0.449 e. The van der Waals surface area contributed by atoms with E-state index in [4.69, 9.17) is 15.5 Å². The summed E-state index contributed by atoms with van der Waals surface area (Å²) in [4.78, 5) is 18.8. The van der Waals surface area contributed by atoms with E-state index in [2.05, 4.69) is 30.9 Å². The molecule has 2 rings (SSSR count). The zero-order valence-electron chi connectivity index (χ0n) is 13.3. The lowest BCUT2D eigenvalue weighted by molar-refractivity contribution is 0.159. The van der Waals surface area contributed by atoms with Crippen LogP contribution >= 0.6 is 11.8 Å². The van der Waals surface area contributed by atoms with Crippen LogP contribution in [0.25, 0.3) is 0 Å². The molecule has 0 aromatic heterocycles. The Kier molecular flexibility index (Phi) is 5.34. The van der Waals surface area contributed by atoms with Crippen LogP contribution in [0.1, 0.15) is 20.3 Å². The highest BCUT2D eigenvalue weighted by Crippen LogP contribution is 2.43. The molecule has 1 aliphatic heterocycles. The van der Waals surface area contributed by atoms with E-state index in [9.17, 15) is 4.79 Å². The number of hydrogen-bond acceptors (Lipinski definition) is 5. The van der Waals surface area contributed by atoms with Crippen LogP contribution in [-0.4, -0.2) is 41.9 Å². The predicted molar refractivity (Wildman–Crippen MR) is 90.1 cm³/mol. The summed E-state index contributed by atoms with van der Waals surface area (Å²) in [6, 6.07) is 10.3. The Hall–Kier alpha value is -1.69. The molecule has 0 radical (unpaired) electrons. The Bertz CT molecular complexity index is 548. The molecule has 2 N–H and O–H groups in total. The van der Waals surface area contributed by atoms with Gasteiger partial charge in [0.2, 0.25) is 0 Å². The van der Waals surface area contributed by atoms with Gasteiger partial charge in [0.25, 0.3) is 0 Å². The molecule has 1 atom stereocenters. The molecule has 1 aromatic rings. The number of aliphatic imine (C=N–C) groups is 1. The molecular formula is C16H23N3O2S. The fourth-order valence-electron chi connectivity index (χ4n) is 2.44. The van der Waals surface area contributed by atoms with Gasteiger partial charge in [0.1, 0.15) is 17.3 Å². The van der Waals surface area contributed by atoms with Crippen LogP contribution in [0.5, 0.6) is 0 Å². The lowest BCUT2D eigenvalue weighted by atomic mass is 10.1. The zero-order chi connectivity index (χ0) is 16.2. The number of amidine groups is 1. The van der Waals surface area contributed by atoms with Crippen molar-refractivity contribution < 1.29 is 9.53 Å². The number of rotatable bonds is 6. The molecule has 0 bridgehead atoms. The van der Waals surface area contributed by atoms with Gasteiger partial charge in [-0.05, 0) is 18.1 Å². The maximum atomic E-state index is 10.7. The molecule has 1 amide bonds. The number of thioether (sulfide) groups is 1. The highest BCUT2D eigenvalue weighted by Gasteiger charge is 2.41. The van der Waals surface area contributed by atoms with Crippen LogP contribution in [0.2, 0.25) is 0 Å². The maximum Gasteiger partial charge on any atom is 0.404 e. The number of carbonyl (C=O) groups is 1. The van der Waals surface area contributed by atoms with Crippen molar-refractivity contribution in [1.82, 2.24) is 4.90 Å². The topological polar surface area (TPSA) is 67.9 Å². The molecule has 0 fully saturated rings. The summed E-state index contributed by atoms with van der Waals surface area (Å²) >= 11 is 1.79. The van der Waals surface area contributed by atoms with E-state index < -0.39 is 6.09 Å². The number of amides is 1. The summed E-state index contributed by atoms with van der Waals surface area (Å²) in [5.41, 5.74) is 5.00. The fraction of sp³-hybridized carbons (Fsp3) is 0.500. The third-order valence-corrected chi connectivity index (χ3v) is 5.29. The normalized spacial score (nSPS) is 21.1. The molecule has 6 heteroatoms. The second-order valence-corrected chi connectivity index (χ2v) is 7.10. The molecule has 22 heavy (non-hydrogen) atoms. The lowest BCUT2D eigenvalue weighted by Gasteiger charge is -2.30. The Morgan fingerprint density at radius 3 is 2.73 bits per heavy atom. The SMILES string of the molecule is CC(C)C1(Sc2ccccc2)CN(C)C(CCOC(N)=O)=N1. The Labute approximate surface area is 135 Å². The van der Waals surface area contributed by atoms with Crippen LogP contribution in [0, 0.1) is 5.92 Å². The number of nitrogens with two attached hydrogens (primary N) is 1. The van der Waals surface area contributed by atoms with Crippen LogP contribution in [0.4, 0.5) is 4.79 Å². The number of benzene rings is 1. The van der Waals surface area contributed by atoms with E-state index in [-0.39, 0.29) is 11.5 Å². The van der Waals surface area contributed by atoms with Gasteiger partial charge in [-0.15, -0.1) is 0 Å². The number of nitrogens with zero attached hydrogens (tertiary/aromatic N) is 2. The van der Waals surface area contributed by atoms with E-state index in [0.29, 0.717) is 12.3 Å². The van der Waals surface area contributed by atoms with E-state index in [1.165, 1.54) is 4.90 Å². The first-order valence-electron chi connectivity index (χ1n) is 7.39. The first kappa shape index (κ1) is 16.7. The van der Waals surface area contributed by atoms with Crippen molar-refractivity contribution in [3.05, 3.63) is 30.3 Å². The molecule has 0 spiro atoms. The van der Waals surface area contributed by atoms with Crippen molar-refractivity contribution in [2.75, 3.05) is 20.2 Å². The molecule has 1 heterocycles. The minimum atomic E-state index is -0.741. The smallest absolute Gasteiger partial charge is 0.404 e. The van der Waals surface area contributed by atoms with E-state index in [1.807, 2.05) is 25.2 Å². The average Bonchev–Trinajstić information content (AvgIpc) is 2.77. The van der Waals surface area contributed by atoms with Crippen LogP contribution in [0.3, 0.4) is 0 Å². The van der Waals surface area contributed by atoms with Crippen LogP contribution < -0.4 is 5.73 Å². The third kappa shape index (κ3) is 3.94. The number of primary amides is 1. The summed E-state index contributed by atoms with van der Waals surface area (Å²) in [6.45, 7) is 5.49. The molecule has 1 aliphatic rings. The van der Waals surface area contributed by atoms with Gasteiger partial charge in [-0.2, -0.15) is 0 Å². The first-order valence-corrected chi connectivity index (χ1v) is 8.21. The van der Waals surface area contributed by atoms with Crippen LogP contribution in [0.15, 0.2) is 40.2 Å².